The molecule has 0 radical (unpaired) electrons. The number of hydrogen-bond acceptors (Lipinski definition) is 4. The molecule has 17 heavy (non-hydrogen) atoms. The molecule has 1 atom stereocenters. The van der Waals surface area contributed by atoms with Crippen molar-refractivity contribution in [2.45, 2.75) is 12.5 Å². The fourth-order valence-corrected chi connectivity index (χ4v) is 1.91. The van der Waals surface area contributed by atoms with Crippen molar-refractivity contribution in [3.8, 4) is 0 Å². The van der Waals surface area contributed by atoms with Crippen molar-refractivity contribution in [3.63, 3.8) is 0 Å². The van der Waals surface area contributed by atoms with Gasteiger partial charge in [0.25, 0.3) is 5.91 Å². The average Bonchev–Trinajstić information content (AvgIpc) is 2.75. The van der Waals surface area contributed by atoms with E-state index in [1.807, 2.05) is 11.0 Å². The summed E-state index contributed by atoms with van der Waals surface area (Å²) in [6, 6.07) is 3.60. The first-order valence-electron chi connectivity index (χ1n) is 5.68. The van der Waals surface area contributed by atoms with Gasteiger partial charge in [0.1, 0.15) is 5.82 Å². The summed E-state index contributed by atoms with van der Waals surface area (Å²) >= 11 is 0. The molecule has 0 unspecified atom stereocenters. The van der Waals surface area contributed by atoms with E-state index in [1.54, 1.807) is 26.4 Å². The zero-order chi connectivity index (χ0) is 12.4. The van der Waals surface area contributed by atoms with Crippen LogP contribution in [0.25, 0.3) is 0 Å². The van der Waals surface area contributed by atoms with Crippen molar-refractivity contribution in [1.82, 2.24) is 9.88 Å². The second kappa shape index (κ2) is 4.71. The Kier molecular flexibility index (Phi) is 3.28. The van der Waals surface area contributed by atoms with Gasteiger partial charge in [-0.05, 0) is 18.6 Å². The number of carbonyl (C=O) groups excluding carboxylic acids is 1. The van der Waals surface area contributed by atoms with E-state index in [1.165, 1.54) is 4.90 Å². The fraction of sp³-hybridized carbons (Fsp3) is 0.500. The third-order valence-corrected chi connectivity index (χ3v) is 2.89. The maximum absolute atomic E-state index is 11.7. The number of anilines is 1. The fourth-order valence-electron chi connectivity index (χ4n) is 1.91. The minimum Gasteiger partial charge on any atom is -0.391 e. The lowest BCUT2D eigenvalue weighted by Gasteiger charge is -2.17. The summed E-state index contributed by atoms with van der Waals surface area (Å²) in [4.78, 5) is 19.5. The molecule has 1 N–H and O–H groups in total. The maximum atomic E-state index is 11.7. The van der Waals surface area contributed by atoms with E-state index in [9.17, 15) is 9.90 Å². The average molecular weight is 235 g/mol. The molecule has 0 bridgehead atoms. The van der Waals surface area contributed by atoms with Gasteiger partial charge in [-0.15, -0.1) is 0 Å². The van der Waals surface area contributed by atoms with Crippen LogP contribution in [0.4, 0.5) is 5.82 Å². The van der Waals surface area contributed by atoms with Crippen LogP contribution in [0.15, 0.2) is 18.3 Å². The first-order valence-corrected chi connectivity index (χ1v) is 5.68. The molecule has 0 aromatic carbocycles. The third-order valence-electron chi connectivity index (χ3n) is 2.89. The summed E-state index contributed by atoms with van der Waals surface area (Å²) in [6.45, 7) is 1.43. The van der Waals surface area contributed by atoms with Crippen LogP contribution >= 0.6 is 0 Å². The lowest BCUT2D eigenvalue weighted by Crippen LogP contribution is -2.24. The van der Waals surface area contributed by atoms with Gasteiger partial charge < -0.3 is 14.9 Å². The van der Waals surface area contributed by atoms with Crippen molar-refractivity contribution in [3.05, 3.63) is 23.9 Å². The number of pyridine rings is 1. The molecule has 0 spiro atoms. The number of amides is 1. The molecule has 0 aliphatic carbocycles. The molecular formula is C12H17N3O2. The van der Waals surface area contributed by atoms with E-state index in [4.69, 9.17) is 0 Å². The van der Waals surface area contributed by atoms with E-state index in [-0.39, 0.29) is 12.0 Å². The van der Waals surface area contributed by atoms with Crippen LogP contribution < -0.4 is 4.90 Å². The van der Waals surface area contributed by atoms with Crippen LogP contribution in [-0.2, 0) is 0 Å². The molecule has 2 rings (SSSR count). The van der Waals surface area contributed by atoms with Crippen molar-refractivity contribution in [2.75, 3.05) is 32.1 Å². The van der Waals surface area contributed by atoms with Gasteiger partial charge in [0.05, 0.1) is 11.7 Å². The van der Waals surface area contributed by atoms with Crippen LogP contribution in [0.5, 0.6) is 0 Å². The molecule has 92 valence electrons. The highest BCUT2D eigenvalue weighted by atomic mass is 16.3. The second-order valence-corrected chi connectivity index (χ2v) is 4.49. The standard InChI is InChI=1S/C12H17N3O2/c1-14(2)12(17)9-3-4-11(13-7-9)15-6-5-10(16)8-15/h3-4,7,10,16H,5-6,8H2,1-2H3/t10-/m1/s1. The van der Waals surface area contributed by atoms with Gasteiger partial charge in [0.15, 0.2) is 0 Å². The topological polar surface area (TPSA) is 56.7 Å². The van der Waals surface area contributed by atoms with Crippen LogP contribution in [-0.4, -0.2) is 54.2 Å². The Morgan fingerprint density at radius 2 is 2.29 bits per heavy atom. The van der Waals surface area contributed by atoms with Gasteiger partial charge in [-0.3, -0.25) is 4.79 Å². The Labute approximate surface area is 101 Å². The Balaban J connectivity index is 2.10. The van der Waals surface area contributed by atoms with Crippen LogP contribution in [0.1, 0.15) is 16.8 Å². The van der Waals surface area contributed by atoms with Gasteiger partial charge in [0, 0.05) is 33.4 Å². The molecule has 5 heteroatoms. The lowest BCUT2D eigenvalue weighted by molar-refractivity contribution is 0.0827. The summed E-state index contributed by atoms with van der Waals surface area (Å²) in [6.07, 6.45) is 2.10. The maximum Gasteiger partial charge on any atom is 0.254 e. The monoisotopic (exact) mass is 235 g/mol. The Morgan fingerprint density at radius 1 is 1.53 bits per heavy atom. The highest BCUT2D eigenvalue weighted by Gasteiger charge is 2.21. The van der Waals surface area contributed by atoms with E-state index in [0.29, 0.717) is 12.1 Å². The van der Waals surface area contributed by atoms with Crippen LogP contribution in [0.3, 0.4) is 0 Å². The highest BCUT2D eigenvalue weighted by molar-refractivity contribution is 5.93. The molecule has 2 heterocycles. The zero-order valence-corrected chi connectivity index (χ0v) is 10.1. The first-order chi connectivity index (χ1) is 8.08. The van der Waals surface area contributed by atoms with Gasteiger partial charge in [-0.25, -0.2) is 4.98 Å². The van der Waals surface area contributed by atoms with Gasteiger partial charge in [-0.2, -0.15) is 0 Å². The molecule has 5 nitrogen and oxygen atoms in total. The molecule has 1 aromatic heterocycles. The van der Waals surface area contributed by atoms with Crippen molar-refractivity contribution >= 4 is 11.7 Å². The largest absolute Gasteiger partial charge is 0.391 e. The third kappa shape index (κ3) is 2.55. The Bertz CT molecular complexity index is 403. The van der Waals surface area contributed by atoms with Crippen molar-refractivity contribution in [1.29, 1.82) is 0 Å². The van der Waals surface area contributed by atoms with E-state index >= 15 is 0 Å². The summed E-state index contributed by atoms with van der Waals surface area (Å²) in [7, 11) is 3.43. The predicted molar refractivity (Wildman–Crippen MR) is 65.1 cm³/mol. The van der Waals surface area contributed by atoms with Gasteiger partial charge in [-0.1, -0.05) is 0 Å². The van der Waals surface area contributed by atoms with Crippen molar-refractivity contribution in [2.24, 2.45) is 0 Å². The second-order valence-electron chi connectivity index (χ2n) is 4.49. The number of aliphatic hydroxyl groups is 1. The zero-order valence-electron chi connectivity index (χ0n) is 10.1. The Hall–Kier alpha value is -1.62. The van der Waals surface area contributed by atoms with E-state index in [2.05, 4.69) is 4.98 Å². The minimum atomic E-state index is -0.264. The molecule has 1 aromatic rings. The number of β-amino-alcohol motifs (C(OH)–C–C–N with tert-alkyl or cyclic N) is 1. The molecule has 1 amide bonds. The summed E-state index contributed by atoms with van der Waals surface area (Å²) in [5.74, 6) is 0.766. The summed E-state index contributed by atoms with van der Waals surface area (Å²) in [5, 5.41) is 9.45. The van der Waals surface area contributed by atoms with Crippen LogP contribution in [0.2, 0.25) is 0 Å². The smallest absolute Gasteiger partial charge is 0.254 e. The normalized spacial score (nSPS) is 19.5. The number of rotatable bonds is 2. The SMILES string of the molecule is CN(C)C(=O)c1ccc(N2CC[C@@H](O)C2)nc1. The Morgan fingerprint density at radius 3 is 2.76 bits per heavy atom. The van der Waals surface area contributed by atoms with Gasteiger partial charge >= 0.3 is 0 Å². The molecule has 0 saturated carbocycles. The quantitative estimate of drug-likeness (QED) is 0.804. The van der Waals surface area contributed by atoms with Crippen LogP contribution in [0, 0.1) is 0 Å². The number of hydrogen-bond donors (Lipinski definition) is 1. The molecule has 1 aliphatic heterocycles. The van der Waals surface area contributed by atoms with Gasteiger partial charge in [0.2, 0.25) is 0 Å². The number of nitrogens with zero attached hydrogens (tertiary/aromatic N) is 3. The summed E-state index contributed by atoms with van der Waals surface area (Å²) < 4.78 is 0. The molecule has 1 saturated heterocycles. The number of aliphatic hydroxyl groups excluding tert-OH is 1. The van der Waals surface area contributed by atoms with Crippen molar-refractivity contribution < 1.29 is 9.90 Å². The minimum absolute atomic E-state index is 0.0505. The predicted octanol–water partition coefficient (Wildman–Crippen LogP) is 0.354. The lowest BCUT2D eigenvalue weighted by atomic mass is 10.2. The molecular weight excluding hydrogens is 218 g/mol. The number of carbonyl (C=O) groups is 1. The number of aromatic nitrogens is 1. The van der Waals surface area contributed by atoms with E-state index < -0.39 is 0 Å². The molecule has 1 fully saturated rings. The molecule has 1 aliphatic rings. The highest BCUT2D eigenvalue weighted by Crippen LogP contribution is 2.18. The first kappa shape index (κ1) is 11.9. The van der Waals surface area contributed by atoms with E-state index in [0.717, 1.165) is 18.8 Å². The summed E-state index contributed by atoms with van der Waals surface area (Å²) in [5.41, 5.74) is 0.582.